The molecule has 2 aromatic carbocycles. The van der Waals surface area contributed by atoms with Gasteiger partial charge in [-0.15, -0.1) is 0 Å². The highest BCUT2D eigenvalue weighted by Crippen LogP contribution is 2.50. The molecule has 0 aliphatic carbocycles. The molecule has 26 heavy (non-hydrogen) atoms. The molecule has 0 saturated heterocycles. The SMILES string of the molecule is CC(C)(C)c1cc(-c2c(Cl)ccc3n[nH]nc23)c(O)c(C(C)(C)C)c1O. The van der Waals surface area contributed by atoms with Gasteiger partial charge in [0.15, 0.2) is 0 Å². The first kappa shape index (κ1) is 18.5. The molecule has 5 nitrogen and oxygen atoms in total. The number of H-pyrrole nitrogens is 1. The number of aromatic hydroxyl groups is 2. The molecule has 0 radical (unpaired) electrons. The summed E-state index contributed by atoms with van der Waals surface area (Å²) in [6.45, 7) is 11.9. The molecule has 138 valence electrons. The molecule has 0 saturated carbocycles. The van der Waals surface area contributed by atoms with E-state index in [9.17, 15) is 10.2 Å². The Balaban J connectivity index is 2.49. The molecule has 0 fully saturated rings. The third-order valence-corrected chi connectivity index (χ3v) is 4.85. The summed E-state index contributed by atoms with van der Waals surface area (Å²) in [7, 11) is 0. The van der Waals surface area contributed by atoms with Gasteiger partial charge in [-0.3, -0.25) is 0 Å². The Morgan fingerprint density at radius 3 is 2.15 bits per heavy atom. The first-order chi connectivity index (χ1) is 11.9. The van der Waals surface area contributed by atoms with Crippen LogP contribution in [0.1, 0.15) is 52.7 Å². The topological polar surface area (TPSA) is 82.0 Å². The number of rotatable bonds is 1. The number of nitrogens with one attached hydrogen (secondary N) is 1. The number of hydrogen-bond acceptors (Lipinski definition) is 4. The van der Waals surface area contributed by atoms with Crippen LogP contribution in [0.3, 0.4) is 0 Å². The highest BCUT2D eigenvalue weighted by Gasteiger charge is 2.32. The average molecular weight is 374 g/mol. The van der Waals surface area contributed by atoms with Gasteiger partial charge in [0.25, 0.3) is 0 Å². The van der Waals surface area contributed by atoms with E-state index in [4.69, 9.17) is 11.6 Å². The minimum Gasteiger partial charge on any atom is -0.507 e. The molecule has 0 amide bonds. The van der Waals surface area contributed by atoms with Gasteiger partial charge < -0.3 is 10.2 Å². The number of hydrogen-bond donors (Lipinski definition) is 3. The standard InChI is InChI=1S/C20H24ClN3O2/c1-19(2,3)11-9-10(17(25)15(18(11)26)20(4,5)6)14-12(21)7-8-13-16(14)23-24-22-13/h7-9,25-26H,1-6H3,(H,22,23,24). The monoisotopic (exact) mass is 373 g/mol. The zero-order valence-electron chi connectivity index (χ0n) is 15.9. The van der Waals surface area contributed by atoms with Crippen LogP contribution in [0.25, 0.3) is 22.2 Å². The second-order valence-electron chi connectivity index (χ2n) is 8.66. The number of phenolic OH excluding ortho intramolecular Hbond substituents is 2. The van der Waals surface area contributed by atoms with E-state index in [1.165, 1.54) is 0 Å². The van der Waals surface area contributed by atoms with E-state index >= 15 is 0 Å². The minimum absolute atomic E-state index is 0.0143. The fraction of sp³-hybridized carbons (Fsp3) is 0.400. The lowest BCUT2D eigenvalue weighted by atomic mass is 9.77. The average Bonchev–Trinajstić information content (AvgIpc) is 2.94. The van der Waals surface area contributed by atoms with Gasteiger partial charge in [-0.05, 0) is 29.0 Å². The highest BCUT2D eigenvalue weighted by molar-refractivity contribution is 6.35. The summed E-state index contributed by atoms with van der Waals surface area (Å²) in [4.78, 5) is 0. The van der Waals surface area contributed by atoms with Crippen molar-refractivity contribution in [3.8, 4) is 22.6 Å². The maximum Gasteiger partial charge on any atom is 0.130 e. The van der Waals surface area contributed by atoms with Crippen LogP contribution in [-0.2, 0) is 10.8 Å². The normalized spacial score (nSPS) is 12.7. The molecule has 0 unspecified atom stereocenters. The van der Waals surface area contributed by atoms with Crippen LogP contribution < -0.4 is 0 Å². The van der Waals surface area contributed by atoms with E-state index < -0.39 is 5.41 Å². The van der Waals surface area contributed by atoms with Crippen LogP contribution in [0.15, 0.2) is 18.2 Å². The molecule has 1 aromatic heterocycles. The Kier molecular flexibility index (Phi) is 4.19. The van der Waals surface area contributed by atoms with Gasteiger partial charge in [-0.2, -0.15) is 15.4 Å². The Morgan fingerprint density at radius 2 is 1.58 bits per heavy atom. The number of fused-ring (bicyclic) bond motifs is 1. The van der Waals surface area contributed by atoms with E-state index in [2.05, 4.69) is 15.4 Å². The predicted molar refractivity (Wildman–Crippen MR) is 105 cm³/mol. The van der Waals surface area contributed by atoms with Crippen LogP contribution >= 0.6 is 11.6 Å². The fourth-order valence-corrected chi connectivity index (χ4v) is 3.53. The number of phenols is 2. The predicted octanol–water partition coefficient (Wildman–Crippen LogP) is 5.28. The molecule has 0 spiro atoms. The molecule has 1 heterocycles. The summed E-state index contributed by atoms with van der Waals surface area (Å²) < 4.78 is 0. The van der Waals surface area contributed by atoms with Crippen molar-refractivity contribution in [3.63, 3.8) is 0 Å². The summed E-state index contributed by atoms with van der Waals surface area (Å²) in [5, 5.41) is 33.4. The van der Waals surface area contributed by atoms with Gasteiger partial charge >= 0.3 is 0 Å². The van der Waals surface area contributed by atoms with Gasteiger partial charge in [-0.25, -0.2) is 0 Å². The number of aromatic amines is 1. The summed E-state index contributed by atoms with van der Waals surface area (Å²) in [5.74, 6) is 0.134. The quantitative estimate of drug-likeness (QED) is 0.541. The molecule has 6 heteroatoms. The Morgan fingerprint density at radius 1 is 0.923 bits per heavy atom. The van der Waals surface area contributed by atoms with Gasteiger partial charge in [0, 0.05) is 22.3 Å². The number of benzene rings is 2. The van der Waals surface area contributed by atoms with E-state index in [0.717, 1.165) is 5.56 Å². The number of aromatic nitrogens is 3. The molecule has 0 bridgehead atoms. The largest absolute Gasteiger partial charge is 0.507 e. The van der Waals surface area contributed by atoms with Gasteiger partial charge in [0.1, 0.15) is 22.5 Å². The number of halogens is 1. The molecule has 0 atom stereocenters. The summed E-state index contributed by atoms with van der Waals surface area (Å²) >= 11 is 6.48. The van der Waals surface area contributed by atoms with Crippen molar-refractivity contribution >= 4 is 22.6 Å². The van der Waals surface area contributed by atoms with Crippen LogP contribution in [0.4, 0.5) is 0 Å². The lowest BCUT2D eigenvalue weighted by Gasteiger charge is -2.29. The number of nitrogens with zero attached hydrogens (tertiary/aromatic N) is 2. The molecule has 3 aromatic rings. The van der Waals surface area contributed by atoms with Gasteiger partial charge in [-0.1, -0.05) is 53.1 Å². The maximum absolute atomic E-state index is 11.1. The summed E-state index contributed by atoms with van der Waals surface area (Å²) in [6, 6.07) is 5.31. The molecular formula is C20H24ClN3O2. The molecule has 0 aliphatic heterocycles. The van der Waals surface area contributed by atoms with Crippen molar-refractivity contribution in [1.82, 2.24) is 15.4 Å². The van der Waals surface area contributed by atoms with Crippen molar-refractivity contribution in [3.05, 3.63) is 34.3 Å². The van der Waals surface area contributed by atoms with Crippen molar-refractivity contribution in [1.29, 1.82) is 0 Å². The Hall–Kier alpha value is -2.27. The third kappa shape index (κ3) is 2.90. The van der Waals surface area contributed by atoms with Crippen LogP contribution in [0.5, 0.6) is 11.5 Å². The third-order valence-electron chi connectivity index (χ3n) is 4.54. The van der Waals surface area contributed by atoms with Crippen LogP contribution in [0.2, 0.25) is 5.02 Å². The van der Waals surface area contributed by atoms with Crippen molar-refractivity contribution < 1.29 is 10.2 Å². The minimum atomic E-state index is -0.464. The lowest BCUT2D eigenvalue weighted by Crippen LogP contribution is -2.17. The van der Waals surface area contributed by atoms with E-state index in [1.54, 1.807) is 18.2 Å². The molecule has 3 N–H and O–H groups in total. The second-order valence-corrected chi connectivity index (χ2v) is 9.06. The van der Waals surface area contributed by atoms with Crippen LogP contribution in [-0.4, -0.2) is 25.6 Å². The molecule has 0 aliphatic rings. The van der Waals surface area contributed by atoms with Gasteiger partial charge in [0.05, 0.1) is 5.02 Å². The first-order valence-corrected chi connectivity index (χ1v) is 8.90. The highest BCUT2D eigenvalue weighted by atomic mass is 35.5. The maximum atomic E-state index is 11.1. The van der Waals surface area contributed by atoms with Crippen LogP contribution in [0, 0.1) is 0 Å². The fourth-order valence-electron chi connectivity index (χ4n) is 3.28. The smallest absolute Gasteiger partial charge is 0.130 e. The van der Waals surface area contributed by atoms with E-state index in [-0.39, 0.29) is 16.9 Å². The Labute approximate surface area is 158 Å². The van der Waals surface area contributed by atoms with Crippen molar-refractivity contribution in [2.45, 2.75) is 52.4 Å². The lowest BCUT2D eigenvalue weighted by molar-refractivity contribution is 0.398. The van der Waals surface area contributed by atoms with E-state index in [0.29, 0.717) is 32.7 Å². The molecule has 3 rings (SSSR count). The van der Waals surface area contributed by atoms with Gasteiger partial charge in [0.2, 0.25) is 0 Å². The first-order valence-electron chi connectivity index (χ1n) is 8.52. The summed E-state index contributed by atoms with van der Waals surface area (Å²) in [6.07, 6.45) is 0. The second kappa shape index (κ2) is 5.88. The Bertz CT molecular complexity index is 995. The van der Waals surface area contributed by atoms with E-state index in [1.807, 2.05) is 41.5 Å². The van der Waals surface area contributed by atoms with Crippen molar-refractivity contribution in [2.24, 2.45) is 0 Å². The zero-order valence-corrected chi connectivity index (χ0v) is 16.7. The zero-order chi connectivity index (χ0) is 19.4. The van der Waals surface area contributed by atoms with Crippen molar-refractivity contribution in [2.75, 3.05) is 0 Å². The molecular weight excluding hydrogens is 350 g/mol. The summed E-state index contributed by atoms with van der Waals surface area (Å²) in [5.41, 5.74) is 2.84.